The molecule has 1 aliphatic carbocycles. The number of ketones is 1. The standard InChI is InChI=1S/C25H26N2O3S/c28-22-15-21(19-3-1-2-4-20(19)22)24(30)27-13-10-25(17-27)8-11-26(12-9-25)23(29)6-5-18-7-14-31-16-18/h1-7,14,16,21H,8-13,15,17H2. The zero-order valence-electron chi connectivity index (χ0n) is 17.5. The number of carbonyl (C=O) groups excluding carboxylic acids is 3. The van der Waals surface area contributed by atoms with Gasteiger partial charge in [-0.1, -0.05) is 24.3 Å². The molecule has 0 bridgehead atoms. The maximum atomic E-state index is 13.3. The maximum Gasteiger partial charge on any atom is 0.246 e. The quantitative estimate of drug-likeness (QED) is 0.687. The van der Waals surface area contributed by atoms with Crippen LogP contribution in [0.3, 0.4) is 0 Å². The van der Waals surface area contributed by atoms with E-state index in [9.17, 15) is 14.4 Å². The van der Waals surface area contributed by atoms with E-state index in [0.717, 1.165) is 56.6 Å². The highest BCUT2D eigenvalue weighted by atomic mass is 32.1. The first-order valence-electron chi connectivity index (χ1n) is 10.9. The fourth-order valence-electron chi connectivity index (χ4n) is 5.28. The number of Topliss-reactive ketones (excluding diaryl/α,β-unsaturated/α-hetero) is 1. The van der Waals surface area contributed by atoms with E-state index in [4.69, 9.17) is 0 Å². The number of nitrogens with zero attached hydrogens (tertiary/aromatic N) is 2. The zero-order chi connectivity index (χ0) is 21.4. The van der Waals surface area contributed by atoms with Gasteiger partial charge in [0.2, 0.25) is 11.8 Å². The van der Waals surface area contributed by atoms with Crippen LogP contribution in [0, 0.1) is 5.41 Å². The zero-order valence-corrected chi connectivity index (χ0v) is 18.3. The largest absolute Gasteiger partial charge is 0.342 e. The van der Waals surface area contributed by atoms with Crippen molar-refractivity contribution in [2.24, 2.45) is 5.41 Å². The molecule has 1 aromatic carbocycles. The van der Waals surface area contributed by atoms with Crippen molar-refractivity contribution in [2.45, 2.75) is 31.6 Å². The number of thiophene rings is 1. The van der Waals surface area contributed by atoms with Crippen LogP contribution in [0.2, 0.25) is 0 Å². The molecule has 0 saturated carbocycles. The van der Waals surface area contributed by atoms with E-state index < -0.39 is 0 Å². The van der Waals surface area contributed by atoms with Crippen LogP contribution >= 0.6 is 11.3 Å². The number of likely N-dealkylation sites (tertiary alicyclic amines) is 2. The number of hydrogen-bond donors (Lipinski definition) is 0. The number of rotatable bonds is 3. The minimum atomic E-state index is -0.331. The third-order valence-corrected chi connectivity index (χ3v) is 7.87. The van der Waals surface area contributed by atoms with Crippen LogP contribution in [0.15, 0.2) is 47.2 Å². The molecule has 2 saturated heterocycles. The summed E-state index contributed by atoms with van der Waals surface area (Å²) in [6.07, 6.45) is 6.66. The lowest BCUT2D eigenvalue weighted by molar-refractivity contribution is -0.133. The van der Waals surface area contributed by atoms with Gasteiger partial charge in [-0.2, -0.15) is 11.3 Å². The molecule has 1 spiro atoms. The molecule has 2 aromatic rings. The third kappa shape index (κ3) is 3.85. The van der Waals surface area contributed by atoms with Crippen LogP contribution < -0.4 is 0 Å². The number of hydrogen-bond acceptors (Lipinski definition) is 4. The number of amides is 2. The second kappa shape index (κ2) is 8.08. The summed E-state index contributed by atoms with van der Waals surface area (Å²) in [6, 6.07) is 9.51. The van der Waals surface area contributed by atoms with Gasteiger partial charge in [-0.3, -0.25) is 14.4 Å². The van der Waals surface area contributed by atoms with Gasteiger partial charge in [0.25, 0.3) is 0 Å². The Morgan fingerprint density at radius 1 is 1.03 bits per heavy atom. The normalized spacial score (nSPS) is 22.5. The molecule has 0 radical (unpaired) electrons. The Kier molecular flexibility index (Phi) is 5.26. The van der Waals surface area contributed by atoms with E-state index in [1.807, 2.05) is 57.0 Å². The molecule has 3 aliphatic rings. The smallest absolute Gasteiger partial charge is 0.246 e. The Labute approximate surface area is 186 Å². The van der Waals surface area contributed by atoms with Gasteiger partial charge in [-0.05, 0) is 58.7 Å². The predicted molar refractivity (Wildman–Crippen MR) is 121 cm³/mol. The van der Waals surface area contributed by atoms with Crippen molar-refractivity contribution in [3.05, 3.63) is 63.9 Å². The number of fused-ring (bicyclic) bond motifs is 1. The van der Waals surface area contributed by atoms with Crippen molar-refractivity contribution < 1.29 is 14.4 Å². The van der Waals surface area contributed by atoms with E-state index in [-0.39, 0.29) is 28.9 Å². The van der Waals surface area contributed by atoms with E-state index in [0.29, 0.717) is 12.0 Å². The topological polar surface area (TPSA) is 57.7 Å². The van der Waals surface area contributed by atoms with E-state index in [1.165, 1.54) is 0 Å². The van der Waals surface area contributed by atoms with E-state index in [2.05, 4.69) is 0 Å². The lowest BCUT2D eigenvalue weighted by Gasteiger charge is -2.39. The van der Waals surface area contributed by atoms with Gasteiger partial charge in [0.1, 0.15) is 0 Å². The van der Waals surface area contributed by atoms with Crippen molar-refractivity contribution in [1.82, 2.24) is 9.80 Å². The monoisotopic (exact) mass is 434 g/mol. The fraction of sp³-hybridized carbons (Fsp3) is 0.400. The molecular weight excluding hydrogens is 408 g/mol. The first-order chi connectivity index (χ1) is 15.0. The van der Waals surface area contributed by atoms with Crippen LogP contribution in [-0.2, 0) is 9.59 Å². The highest BCUT2D eigenvalue weighted by Gasteiger charge is 2.45. The molecule has 160 valence electrons. The number of piperidine rings is 1. The molecule has 1 atom stereocenters. The summed E-state index contributed by atoms with van der Waals surface area (Å²) < 4.78 is 0. The van der Waals surface area contributed by atoms with E-state index >= 15 is 0 Å². The van der Waals surface area contributed by atoms with Crippen LogP contribution in [0.4, 0.5) is 0 Å². The minimum Gasteiger partial charge on any atom is -0.342 e. The van der Waals surface area contributed by atoms with Crippen LogP contribution in [0.1, 0.15) is 53.1 Å². The van der Waals surface area contributed by atoms with Crippen LogP contribution in [-0.4, -0.2) is 53.6 Å². The second-order valence-corrected chi connectivity index (χ2v) is 9.77. The molecular formula is C25H26N2O3S. The third-order valence-electron chi connectivity index (χ3n) is 7.17. The van der Waals surface area contributed by atoms with Crippen LogP contribution in [0.5, 0.6) is 0 Å². The molecule has 2 aliphatic heterocycles. The Morgan fingerprint density at radius 2 is 1.77 bits per heavy atom. The fourth-order valence-corrected chi connectivity index (χ4v) is 5.90. The minimum absolute atomic E-state index is 0.0630. The molecule has 5 rings (SSSR count). The van der Waals surface area contributed by atoms with Gasteiger partial charge >= 0.3 is 0 Å². The van der Waals surface area contributed by atoms with Crippen molar-refractivity contribution >= 4 is 35.0 Å². The summed E-state index contributed by atoms with van der Waals surface area (Å²) in [5.41, 5.74) is 2.75. The molecule has 5 nitrogen and oxygen atoms in total. The van der Waals surface area contributed by atoms with Gasteiger partial charge < -0.3 is 9.80 Å². The summed E-state index contributed by atoms with van der Waals surface area (Å²) >= 11 is 1.62. The number of benzene rings is 1. The molecule has 1 unspecified atom stereocenters. The van der Waals surface area contributed by atoms with Gasteiger partial charge in [0.15, 0.2) is 5.78 Å². The molecule has 0 N–H and O–H groups in total. The summed E-state index contributed by atoms with van der Waals surface area (Å²) in [5, 5.41) is 4.03. The molecule has 2 fully saturated rings. The van der Waals surface area contributed by atoms with Gasteiger partial charge in [0, 0.05) is 44.2 Å². The molecule has 3 heterocycles. The Hall–Kier alpha value is -2.73. The van der Waals surface area contributed by atoms with E-state index in [1.54, 1.807) is 17.4 Å². The summed E-state index contributed by atoms with van der Waals surface area (Å²) in [6.45, 7) is 2.96. The Morgan fingerprint density at radius 3 is 2.52 bits per heavy atom. The Balaban J connectivity index is 1.19. The van der Waals surface area contributed by atoms with Crippen LogP contribution in [0.25, 0.3) is 6.08 Å². The molecule has 2 amide bonds. The van der Waals surface area contributed by atoms with Gasteiger partial charge in [0.05, 0.1) is 5.92 Å². The second-order valence-electron chi connectivity index (χ2n) is 8.99. The number of carbonyl (C=O) groups is 3. The Bertz CT molecular complexity index is 1030. The van der Waals surface area contributed by atoms with Crippen molar-refractivity contribution in [1.29, 1.82) is 0 Å². The lowest BCUT2D eigenvalue weighted by Crippen LogP contribution is -2.44. The first-order valence-corrected chi connectivity index (χ1v) is 11.9. The van der Waals surface area contributed by atoms with Crippen molar-refractivity contribution in [2.75, 3.05) is 26.2 Å². The molecule has 6 heteroatoms. The lowest BCUT2D eigenvalue weighted by atomic mass is 9.77. The molecule has 31 heavy (non-hydrogen) atoms. The summed E-state index contributed by atoms with van der Waals surface area (Å²) in [4.78, 5) is 42.0. The highest BCUT2D eigenvalue weighted by Crippen LogP contribution is 2.43. The summed E-state index contributed by atoms with van der Waals surface area (Å²) in [5.74, 6) is -0.103. The SMILES string of the molecule is O=C1CC(C(=O)N2CCC3(CCN(C(=O)C=Cc4ccsc4)CC3)C2)c2ccccc21. The average Bonchev–Trinajstić information content (AvgIpc) is 3.53. The van der Waals surface area contributed by atoms with Gasteiger partial charge in [-0.25, -0.2) is 0 Å². The average molecular weight is 435 g/mol. The van der Waals surface area contributed by atoms with Gasteiger partial charge in [-0.15, -0.1) is 0 Å². The highest BCUT2D eigenvalue weighted by molar-refractivity contribution is 7.08. The maximum absolute atomic E-state index is 13.3. The van der Waals surface area contributed by atoms with Crippen molar-refractivity contribution in [3.63, 3.8) is 0 Å². The summed E-state index contributed by atoms with van der Waals surface area (Å²) in [7, 11) is 0. The first kappa shape index (κ1) is 20.2. The molecule has 1 aromatic heterocycles. The van der Waals surface area contributed by atoms with Crippen molar-refractivity contribution in [3.8, 4) is 0 Å². The predicted octanol–water partition coefficient (Wildman–Crippen LogP) is 3.97.